The van der Waals surface area contributed by atoms with Crippen LogP contribution in [0.2, 0.25) is 0 Å². The number of carboxylic acid groups (broad SMARTS) is 1. The molecule has 1 aromatic heterocycles. The van der Waals surface area contributed by atoms with Gasteiger partial charge < -0.3 is 14.4 Å². The van der Waals surface area contributed by atoms with Gasteiger partial charge in [-0.1, -0.05) is 6.07 Å². The lowest BCUT2D eigenvalue weighted by Crippen LogP contribution is -2.18. The summed E-state index contributed by atoms with van der Waals surface area (Å²) in [4.78, 5) is 23.0. The van der Waals surface area contributed by atoms with Gasteiger partial charge in [-0.05, 0) is 24.3 Å². The molecule has 0 amide bonds. The normalized spacial score (nSPS) is 10.9. The van der Waals surface area contributed by atoms with Crippen molar-refractivity contribution >= 4 is 17.1 Å². The van der Waals surface area contributed by atoms with Crippen molar-refractivity contribution in [1.82, 2.24) is 4.57 Å². The fourth-order valence-electron chi connectivity index (χ4n) is 2.55. The third-order valence-corrected chi connectivity index (χ3v) is 3.69. The minimum absolute atomic E-state index is 0.0733. The number of hydrogen-bond donors (Lipinski definition) is 1. The lowest BCUT2D eigenvalue weighted by molar-refractivity contribution is 0.143. The summed E-state index contributed by atoms with van der Waals surface area (Å²) in [7, 11) is 0. The summed E-state index contributed by atoms with van der Waals surface area (Å²) in [6, 6.07) is 4.83. The summed E-state index contributed by atoms with van der Waals surface area (Å²) in [6.45, 7) is -0.633. The van der Waals surface area contributed by atoms with Gasteiger partial charge in [-0.15, -0.1) is 0 Å². The molecule has 0 atom stereocenters. The molecule has 3 rings (SSSR count). The number of hydrogen-bond acceptors (Lipinski definition) is 3. The van der Waals surface area contributed by atoms with Gasteiger partial charge in [0.1, 0.15) is 11.6 Å². The van der Waals surface area contributed by atoms with Crippen LogP contribution in [-0.4, -0.2) is 15.8 Å². The van der Waals surface area contributed by atoms with Crippen molar-refractivity contribution in [3.05, 3.63) is 75.6 Å². The summed E-state index contributed by atoms with van der Waals surface area (Å²) in [6.07, 6.45) is -0.963. The Hall–Kier alpha value is -3.36. The molecule has 0 bridgehead atoms. The quantitative estimate of drug-likeness (QED) is 0.436. The summed E-state index contributed by atoms with van der Waals surface area (Å²) in [5, 5.41) is 8.18. The number of nitrogens with zero attached hydrogens (tertiary/aromatic N) is 1. The second kappa shape index (κ2) is 6.51. The third kappa shape index (κ3) is 2.99. The van der Waals surface area contributed by atoms with Crippen molar-refractivity contribution in [2.75, 3.05) is 0 Å². The van der Waals surface area contributed by atoms with Gasteiger partial charge in [-0.2, -0.15) is 0 Å². The van der Waals surface area contributed by atoms with E-state index in [1.165, 1.54) is 12.1 Å². The van der Waals surface area contributed by atoms with Gasteiger partial charge in [0, 0.05) is 5.56 Å². The van der Waals surface area contributed by atoms with Crippen molar-refractivity contribution in [1.29, 1.82) is 0 Å². The minimum atomic E-state index is -1.83. The zero-order valence-corrected chi connectivity index (χ0v) is 12.8. The lowest BCUT2D eigenvalue weighted by Gasteiger charge is -2.14. The summed E-state index contributed by atoms with van der Waals surface area (Å²) in [5.41, 5.74) is -1.80. The highest BCUT2D eigenvalue weighted by molar-refractivity contribution is 5.81. The van der Waals surface area contributed by atoms with Crippen LogP contribution in [0.4, 0.5) is 22.4 Å². The first kappa shape index (κ1) is 17.5. The van der Waals surface area contributed by atoms with E-state index in [1.54, 1.807) is 0 Å². The van der Waals surface area contributed by atoms with Crippen molar-refractivity contribution in [2.24, 2.45) is 0 Å². The standard InChI is InChI=1S/C17H9F4NO4/c18-9-4-5-11(20)15(21)8(9)6-22-7-13(26-17(24)25)16(23)14-10(19)2-1-3-12(14)22/h1-5,7H,6H2,(H,24,25). The molecule has 1 heterocycles. The molecule has 0 saturated heterocycles. The molecule has 9 heteroatoms. The molecule has 26 heavy (non-hydrogen) atoms. The van der Waals surface area contributed by atoms with E-state index in [4.69, 9.17) is 5.11 Å². The molecule has 3 aromatic rings. The first-order valence-electron chi connectivity index (χ1n) is 7.14. The average Bonchev–Trinajstić information content (AvgIpc) is 2.58. The van der Waals surface area contributed by atoms with Gasteiger partial charge in [-0.3, -0.25) is 4.79 Å². The SMILES string of the molecule is O=C(O)Oc1cn(Cc2c(F)ccc(F)c2F)c2cccc(F)c2c1=O. The number of ether oxygens (including phenoxy) is 1. The van der Waals surface area contributed by atoms with Crippen LogP contribution in [0, 0.1) is 23.3 Å². The maximum atomic E-state index is 14.1. The summed E-state index contributed by atoms with van der Waals surface area (Å²) < 4.78 is 60.6. The van der Waals surface area contributed by atoms with Gasteiger partial charge in [0.05, 0.1) is 23.6 Å². The Balaban J connectivity index is 2.28. The Kier molecular flexibility index (Phi) is 4.37. The predicted molar refractivity (Wildman–Crippen MR) is 82.2 cm³/mol. The monoisotopic (exact) mass is 367 g/mol. The predicted octanol–water partition coefficient (Wildman–Crippen LogP) is 3.66. The molecule has 0 unspecified atom stereocenters. The Labute approximate surface area is 142 Å². The molecular formula is C17H9F4NO4. The van der Waals surface area contributed by atoms with Crippen LogP contribution in [0.15, 0.2) is 41.3 Å². The molecular weight excluding hydrogens is 358 g/mol. The Morgan fingerprint density at radius 3 is 2.42 bits per heavy atom. The molecule has 0 aliphatic rings. The van der Waals surface area contributed by atoms with Gasteiger partial charge in [0.15, 0.2) is 17.4 Å². The maximum Gasteiger partial charge on any atom is 0.511 e. The molecule has 2 aromatic carbocycles. The first-order valence-corrected chi connectivity index (χ1v) is 7.14. The topological polar surface area (TPSA) is 68.5 Å². The molecule has 5 nitrogen and oxygen atoms in total. The van der Waals surface area contributed by atoms with Crippen molar-refractivity contribution < 1.29 is 32.2 Å². The second-order valence-corrected chi connectivity index (χ2v) is 5.27. The Morgan fingerprint density at radius 2 is 1.73 bits per heavy atom. The molecule has 0 spiro atoms. The zero-order chi connectivity index (χ0) is 19.0. The van der Waals surface area contributed by atoms with Gasteiger partial charge in [-0.25, -0.2) is 22.4 Å². The highest BCUT2D eigenvalue weighted by Gasteiger charge is 2.19. The van der Waals surface area contributed by atoms with E-state index >= 15 is 0 Å². The summed E-state index contributed by atoms with van der Waals surface area (Å²) in [5.74, 6) is -5.54. The molecule has 134 valence electrons. The number of fused-ring (bicyclic) bond motifs is 1. The molecule has 0 radical (unpaired) electrons. The number of rotatable bonds is 3. The van der Waals surface area contributed by atoms with Crippen LogP contribution >= 0.6 is 0 Å². The van der Waals surface area contributed by atoms with E-state index in [2.05, 4.69) is 4.74 Å². The third-order valence-electron chi connectivity index (χ3n) is 3.69. The molecule has 0 aliphatic heterocycles. The van der Waals surface area contributed by atoms with Crippen molar-refractivity contribution in [3.8, 4) is 5.75 Å². The number of halogens is 4. The lowest BCUT2D eigenvalue weighted by atomic mass is 10.1. The number of pyridine rings is 1. The average molecular weight is 367 g/mol. The van der Waals surface area contributed by atoms with E-state index in [-0.39, 0.29) is 5.52 Å². The van der Waals surface area contributed by atoms with E-state index in [0.29, 0.717) is 12.1 Å². The molecule has 1 N–H and O–H groups in total. The van der Waals surface area contributed by atoms with Crippen molar-refractivity contribution in [2.45, 2.75) is 6.54 Å². The van der Waals surface area contributed by atoms with Gasteiger partial charge in [0.2, 0.25) is 5.43 Å². The number of carbonyl (C=O) groups is 1. The van der Waals surface area contributed by atoms with Crippen LogP contribution < -0.4 is 10.2 Å². The fraction of sp³-hybridized carbons (Fsp3) is 0.0588. The maximum absolute atomic E-state index is 14.1. The largest absolute Gasteiger partial charge is 0.511 e. The van der Waals surface area contributed by atoms with Crippen LogP contribution in [0.3, 0.4) is 0 Å². The highest BCUT2D eigenvalue weighted by atomic mass is 19.2. The van der Waals surface area contributed by atoms with Crippen LogP contribution in [0.5, 0.6) is 5.75 Å². The van der Waals surface area contributed by atoms with E-state index in [0.717, 1.165) is 16.8 Å². The number of benzene rings is 2. The molecule has 0 fully saturated rings. The van der Waals surface area contributed by atoms with Crippen molar-refractivity contribution in [3.63, 3.8) is 0 Å². The molecule has 0 saturated carbocycles. The van der Waals surface area contributed by atoms with E-state index in [1.807, 2.05) is 0 Å². The van der Waals surface area contributed by atoms with Crippen LogP contribution in [-0.2, 0) is 6.54 Å². The van der Waals surface area contributed by atoms with E-state index in [9.17, 15) is 27.2 Å². The Bertz CT molecular complexity index is 1090. The summed E-state index contributed by atoms with van der Waals surface area (Å²) >= 11 is 0. The minimum Gasteiger partial charge on any atom is -0.449 e. The zero-order valence-electron chi connectivity index (χ0n) is 12.8. The fourth-order valence-corrected chi connectivity index (χ4v) is 2.55. The first-order chi connectivity index (χ1) is 12.3. The number of aromatic nitrogens is 1. The van der Waals surface area contributed by atoms with Gasteiger partial charge >= 0.3 is 6.16 Å². The van der Waals surface area contributed by atoms with Crippen LogP contribution in [0.25, 0.3) is 10.9 Å². The smallest absolute Gasteiger partial charge is 0.449 e. The second-order valence-electron chi connectivity index (χ2n) is 5.27. The molecule has 0 aliphatic carbocycles. The van der Waals surface area contributed by atoms with Gasteiger partial charge in [0.25, 0.3) is 0 Å². The van der Waals surface area contributed by atoms with E-state index < -0.39 is 58.1 Å². The van der Waals surface area contributed by atoms with Crippen LogP contribution in [0.1, 0.15) is 5.56 Å². The highest BCUT2D eigenvalue weighted by Crippen LogP contribution is 2.23. The Morgan fingerprint density at radius 1 is 1.04 bits per heavy atom.